The number of halogens is 3. The van der Waals surface area contributed by atoms with Crippen LogP contribution in [-0.2, 0) is 9.59 Å². The standard InChI is InChI=1S/C40H33F3N4O2/c1-2-3-23-46(24-40(41,42)43)38(49)36-30-18-10-9-17-29(30)31-21-22-32(28-16-8-7-15-27(28)26-13-5-4-6-14-26)37(35(31)36)47-34-20-12-11-19-33(34)45-39(47)44-25-48/h4-22,25,36H,2-3,23-24H2,1H3,(H,44,45,48). The summed E-state index contributed by atoms with van der Waals surface area (Å²) in [6.45, 7) is 0.509. The Labute approximate surface area is 281 Å². The smallest absolute Gasteiger partial charge is 0.333 e. The van der Waals surface area contributed by atoms with Gasteiger partial charge >= 0.3 is 6.18 Å². The van der Waals surface area contributed by atoms with Crippen molar-refractivity contribution in [1.29, 1.82) is 0 Å². The minimum atomic E-state index is -4.58. The van der Waals surface area contributed by atoms with Crippen molar-refractivity contribution in [3.63, 3.8) is 0 Å². The van der Waals surface area contributed by atoms with E-state index in [1.807, 2.05) is 127 Å². The molecule has 1 aliphatic rings. The quantitative estimate of drug-likeness (QED) is 0.149. The van der Waals surface area contributed by atoms with Crippen LogP contribution >= 0.6 is 0 Å². The maximum absolute atomic E-state index is 14.7. The van der Waals surface area contributed by atoms with Gasteiger partial charge in [-0.05, 0) is 51.9 Å². The van der Waals surface area contributed by atoms with Crippen LogP contribution in [0.5, 0.6) is 0 Å². The molecule has 1 unspecified atom stereocenters. The first-order chi connectivity index (χ1) is 23.8. The number of unbranched alkanes of at least 4 members (excludes halogenated alkanes) is 1. The number of hydrogen-bond donors (Lipinski definition) is 1. The summed E-state index contributed by atoms with van der Waals surface area (Å²) in [5, 5.41) is 2.75. The summed E-state index contributed by atoms with van der Waals surface area (Å²) in [6.07, 6.45) is -2.97. The first-order valence-corrected chi connectivity index (χ1v) is 16.2. The Bertz CT molecular complexity index is 2170. The van der Waals surface area contributed by atoms with E-state index in [9.17, 15) is 22.8 Å². The zero-order chi connectivity index (χ0) is 34.1. The van der Waals surface area contributed by atoms with E-state index in [1.54, 1.807) is 0 Å². The molecule has 0 saturated carbocycles. The predicted molar refractivity (Wildman–Crippen MR) is 186 cm³/mol. The van der Waals surface area contributed by atoms with Crippen molar-refractivity contribution in [2.75, 3.05) is 18.4 Å². The molecule has 246 valence electrons. The largest absolute Gasteiger partial charge is 0.406 e. The van der Waals surface area contributed by atoms with Crippen LogP contribution in [0.1, 0.15) is 36.8 Å². The van der Waals surface area contributed by atoms with Crippen LogP contribution in [0.25, 0.3) is 50.1 Å². The number of alkyl halides is 3. The van der Waals surface area contributed by atoms with E-state index in [4.69, 9.17) is 4.98 Å². The summed E-state index contributed by atoms with van der Waals surface area (Å²) < 4.78 is 43.9. The lowest BCUT2D eigenvalue weighted by Crippen LogP contribution is -2.42. The van der Waals surface area contributed by atoms with Crippen molar-refractivity contribution >= 4 is 29.3 Å². The van der Waals surface area contributed by atoms with Gasteiger partial charge in [-0.2, -0.15) is 13.2 Å². The number of hydrogen-bond acceptors (Lipinski definition) is 3. The molecule has 1 N–H and O–H groups in total. The Balaban J connectivity index is 1.58. The molecule has 2 amide bonds. The van der Waals surface area contributed by atoms with Crippen molar-refractivity contribution in [2.45, 2.75) is 31.9 Å². The molecule has 1 atom stereocenters. The van der Waals surface area contributed by atoms with Gasteiger partial charge in [-0.1, -0.05) is 116 Å². The molecule has 0 fully saturated rings. The van der Waals surface area contributed by atoms with Gasteiger partial charge in [0.1, 0.15) is 6.54 Å². The molecule has 6 nitrogen and oxygen atoms in total. The van der Waals surface area contributed by atoms with Crippen LogP contribution in [0, 0.1) is 0 Å². The average molecular weight is 659 g/mol. The van der Waals surface area contributed by atoms with E-state index in [1.165, 1.54) is 0 Å². The molecule has 0 spiro atoms. The minimum Gasteiger partial charge on any atom is -0.333 e. The van der Waals surface area contributed by atoms with Crippen molar-refractivity contribution in [2.24, 2.45) is 0 Å². The Morgan fingerprint density at radius 1 is 0.816 bits per heavy atom. The van der Waals surface area contributed by atoms with E-state index >= 15 is 0 Å². The number of rotatable bonds is 10. The minimum absolute atomic E-state index is 0.0271. The molecule has 0 bridgehead atoms. The number of amides is 2. The summed E-state index contributed by atoms with van der Waals surface area (Å²) in [4.78, 5) is 32.4. The Morgan fingerprint density at radius 3 is 2.20 bits per heavy atom. The second-order valence-electron chi connectivity index (χ2n) is 12.1. The lowest BCUT2D eigenvalue weighted by molar-refractivity contribution is -0.161. The molecule has 9 heteroatoms. The van der Waals surface area contributed by atoms with Crippen LogP contribution in [0.3, 0.4) is 0 Å². The number of aromatic nitrogens is 2. The van der Waals surface area contributed by atoms with Gasteiger partial charge in [0.15, 0.2) is 0 Å². The summed E-state index contributed by atoms with van der Waals surface area (Å²) in [5.41, 5.74) is 8.03. The first kappa shape index (κ1) is 31.9. The summed E-state index contributed by atoms with van der Waals surface area (Å²) in [6, 6.07) is 36.5. The predicted octanol–water partition coefficient (Wildman–Crippen LogP) is 9.23. The molecule has 6 aromatic rings. The average Bonchev–Trinajstić information content (AvgIpc) is 3.65. The molecular formula is C40H33F3N4O2. The highest BCUT2D eigenvalue weighted by Crippen LogP contribution is 2.52. The number of carbonyl (C=O) groups is 2. The molecule has 5 aromatic carbocycles. The fraction of sp³-hybridized carbons (Fsp3) is 0.175. The molecule has 7 rings (SSSR count). The second-order valence-corrected chi connectivity index (χ2v) is 12.1. The zero-order valence-corrected chi connectivity index (χ0v) is 26.7. The number of imidazole rings is 1. The highest BCUT2D eigenvalue weighted by molar-refractivity contribution is 6.02. The Hall–Kier alpha value is -5.70. The first-order valence-electron chi connectivity index (χ1n) is 16.2. The van der Waals surface area contributed by atoms with E-state index in [0.717, 1.165) is 38.3 Å². The molecular weight excluding hydrogens is 625 g/mol. The van der Waals surface area contributed by atoms with Gasteiger partial charge in [-0.3, -0.25) is 19.5 Å². The molecule has 49 heavy (non-hydrogen) atoms. The Kier molecular flexibility index (Phi) is 8.50. The van der Waals surface area contributed by atoms with Crippen LogP contribution in [0.2, 0.25) is 0 Å². The Morgan fingerprint density at radius 2 is 1.47 bits per heavy atom. The van der Waals surface area contributed by atoms with Crippen LogP contribution in [0.15, 0.2) is 115 Å². The fourth-order valence-corrected chi connectivity index (χ4v) is 7.00. The number of nitrogens with one attached hydrogen (secondary N) is 1. The number of fused-ring (bicyclic) bond motifs is 4. The second kappa shape index (κ2) is 13.1. The topological polar surface area (TPSA) is 67.2 Å². The zero-order valence-electron chi connectivity index (χ0n) is 26.7. The molecule has 1 aromatic heterocycles. The molecule has 1 aliphatic carbocycles. The summed E-state index contributed by atoms with van der Waals surface area (Å²) >= 11 is 0. The monoisotopic (exact) mass is 658 g/mol. The number of anilines is 1. The van der Waals surface area contributed by atoms with Crippen molar-refractivity contribution in [1.82, 2.24) is 14.5 Å². The number of carbonyl (C=O) groups excluding carboxylic acids is 2. The lowest BCUT2D eigenvalue weighted by Gasteiger charge is -2.29. The number of para-hydroxylation sites is 2. The van der Waals surface area contributed by atoms with Crippen LogP contribution in [0.4, 0.5) is 19.1 Å². The van der Waals surface area contributed by atoms with Crippen molar-refractivity contribution < 1.29 is 22.8 Å². The molecule has 0 radical (unpaired) electrons. The van der Waals surface area contributed by atoms with Crippen LogP contribution in [-0.4, -0.2) is 46.0 Å². The molecule has 0 saturated heterocycles. The SMILES string of the molecule is CCCCN(CC(F)(F)F)C(=O)C1c2ccccc2-c2ccc(-c3ccccc3-c3ccccc3)c(-n3c(NC=O)nc4ccccc43)c21. The summed E-state index contributed by atoms with van der Waals surface area (Å²) in [5.74, 6) is -1.45. The van der Waals surface area contributed by atoms with Gasteiger partial charge in [-0.25, -0.2) is 4.98 Å². The van der Waals surface area contributed by atoms with Gasteiger partial charge in [0, 0.05) is 17.7 Å². The van der Waals surface area contributed by atoms with E-state index in [0.29, 0.717) is 47.1 Å². The number of benzene rings is 5. The van der Waals surface area contributed by atoms with Gasteiger partial charge in [0.2, 0.25) is 18.3 Å². The van der Waals surface area contributed by atoms with E-state index < -0.39 is 24.5 Å². The van der Waals surface area contributed by atoms with Crippen molar-refractivity contribution in [3.05, 3.63) is 126 Å². The maximum atomic E-state index is 14.7. The third-order valence-electron chi connectivity index (χ3n) is 9.05. The maximum Gasteiger partial charge on any atom is 0.406 e. The van der Waals surface area contributed by atoms with Gasteiger partial charge in [0.25, 0.3) is 0 Å². The van der Waals surface area contributed by atoms with E-state index in [2.05, 4.69) is 5.32 Å². The van der Waals surface area contributed by atoms with Gasteiger partial charge in [0.05, 0.1) is 22.6 Å². The highest BCUT2D eigenvalue weighted by atomic mass is 19.4. The third-order valence-corrected chi connectivity index (χ3v) is 9.05. The van der Waals surface area contributed by atoms with Crippen LogP contribution < -0.4 is 5.32 Å². The van der Waals surface area contributed by atoms with Crippen molar-refractivity contribution in [3.8, 4) is 39.1 Å². The number of nitrogens with zero attached hydrogens (tertiary/aromatic N) is 3. The highest BCUT2D eigenvalue weighted by Gasteiger charge is 2.42. The van der Waals surface area contributed by atoms with E-state index in [-0.39, 0.29) is 12.5 Å². The van der Waals surface area contributed by atoms with Gasteiger partial charge in [-0.15, -0.1) is 0 Å². The molecule has 1 heterocycles. The fourth-order valence-electron chi connectivity index (χ4n) is 7.00. The lowest BCUT2D eigenvalue weighted by atomic mass is 9.87. The normalized spacial score (nSPS) is 13.6. The van der Waals surface area contributed by atoms with Gasteiger partial charge < -0.3 is 4.90 Å². The summed E-state index contributed by atoms with van der Waals surface area (Å²) in [7, 11) is 0. The third kappa shape index (κ3) is 5.86. The molecule has 0 aliphatic heterocycles.